The summed E-state index contributed by atoms with van der Waals surface area (Å²) in [6, 6.07) is 1.73. The number of halogens is 4. The van der Waals surface area contributed by atoms with E-state index in [9.17, 15) is 18.0 Å². The first-order valence-electron chi connectivity index (χ1n) is 4.99. The zero-order chi connectivity index (χ0) is 13.7. The summed E-state index contributed by atoms with van der Waals surface area (Å²) >= 11 is 5.54. The average Bonchev–Trinajstić information content (AvgIpc) is 2.30. The van der Waals surface area contributed by atoms with Crippen LogP contribution in [0.3, 0.4) is 0 Å². The zero-order valence-electron chi connectivity index (χ0n) is 9.38. The SMILES string of the molecule is CCOC(=O)c1cc(OC(F)F)c(F)cc1CCl. The lowest BCUT2D eigenvalue weighted by Gasteiger charge is -2.11. The molecule has 7 heteroatoms. The Hall–Kier alpha value is -1.43. The molecule has 0 aliphatic rings. The largest absolute Gasteiger partial charge is 0.462 e. The molecule has 3 nitrogen and oxygen atoms in total. The van der Waals surface area contributed by atoms with Crippen molar-refractivity contribution in [2.75, 3.05) is 6.61 Å². The van der Waals surface area contributed by atoms with Crippen molar-refractivity contribution in [3.8, 4) is 5.75 Å². The van der Waals surface area contributed by atoms with Crippen LogP contribution in [0.2, 0.25) is 0 Å². The van der Waals surface area contributed by atoms with Crippen LogP contribution >= 0.6 is 11.6 Å². The maximum atomic E-state index is 13.4. The second-order valence-electron chi connectivity index (χ2n) is 3.17. The third kappa shape index (κ3) is 3.53. The van der Waals surface area contributed by atoms with E-state index in [1.54, 1.807) is 6.92 Å². The second-order valence-corrected chi connectivity index (χ2v) is 3.44. The quantitative estimate of drug-likeness (QED) is 0.614. The molecule has 0 atom stereocenters. The van der Waals surface area contributed by atoms with Gasteiger partial charge in [-0.3, -0.25) is 0 Å². The number of hydrogen-bond acceptors (Lipinski definition) is 3. The molecule has 0 N–H and O–H groups in total. The van der Waals surface area contributed by atoms with Crippen molar-refractivity contribution in [3.63, 3.8) is 0 Å². The van der Waals surface area contributed by atoms with Gasteiger partial charge in [0.1, 0.15) is 0 Å². The molecule has 100 valence electrons. The number of rotatable bonds is 5. The van der Waals surface area contributed by atoms with Crippen LogP contribution in [0, 0.1) is 5.82 Å². The summed E-state index contributed by atoms with van der Waals surface area (Å²) < 4.78 is 46.1. The highest BCUT2D eigenvalue weighted by atomic mass is 35.5. The zero-order valence-corrected chi connectivity index (χ0v) is 10.1. The molecule has 0 radical (unpaired) electrons. The monoisotopic (exact) mass is 282 g/mol. The van der Waals surface area contributed by atoms with E-state index >= 15 is 0 Å². The summed E-state index contributed by atoms with van der Waals surface area (Å²) in [6.45, 7) is -1.50. The van der Waals surface area contributed by atoms with E-state index in [4.69, 9.17) is 16.3 Å². The van der Waals surface area contributed by atoms with E-state index < -0.39 is 24.1 Å². The number of ether oxygens (including phenoxy) is 2. The van der Waals surface area contributed by atoms with Crippen LogP contribution in [0.5, 0.6) is 5.75 Å². The summed E-state index contributed by atoms with van der Waals surface area (Å²) in [7, 11) is 0. The smallest absolute Gasteiger partial charge is 0.387 e. The van der Waals surface area contributed by atoms with Crippen LogP contribution in [-0.2, 0) is 10.6 Å². The van der Waals surface area contributed by atoms with Gasteiger partial charge in [-0.1, -0.05) is 0 Å². The summed E-state index contributed by atoms with van der Waals surface area (Å²) in [5, 5.41) is 0. The molecule has 1 aromatic rings. The first kappa shape index (κ1) is 14.6. The van der Waals surface area contributed by atoms with Crippen molar-refractivity contribution in [3.05, 3.63) is 29.1 Å². The number of benzene rings is 1. The number of alkyl halides is 3. The van der Waals surface area contributed by atoms with Crippen LogP contribution in [-0.4, -0.2) is 19.2 Å². The van der Waals surface area contributed by atoms with Crippen LogP contribution in [0.1, 0.15) is 22.8 Å². The maximum absolute atomic E-state index is 13.4. The average molecular weight is 283 g/mol. The van der Waals surface area contributed by atoms with E-state index in [1.165, 1.54) is 0 Å². The summed E-state index contributed by atoms with van der Waals surface area (Å²) in [6.07, 6.45) is 0. The molecule has 0 aromatic heterocycles. The number of esters is 1. The highest BCUT2D eigenvalue weighted by molar-refractivity contribution is 6.17. The van der Waals surface area contributed by atoms with Crippen LogP contribution in [0.15, 0.2) is 12.1 Å². The summed E-state index contributed by atoms with van der Waals surface area (Å²) in [5.74, 6) is -2.66. The second kappa shape index (κ2) is 6.49. The predicted molar refractivity (Wildman–Crippen MR) is 58.5 cm³/mol. The van der Waals surface area contributed by atoms with Crippen molar-refractivity contribution in [2.24, 2.45) is 0 Å². The first-order valence-corrected chi connectivity index (χ1v) is 5.53. The fraction of sp³-hybridized carbons (Fsp3) is 0.364. The lowest BCUT2D eigenvalue weighted by atomic mass is 10.1. The molecular formula is C11H10ClF3O3. The Morgan fingerprint density at radius 3 is 2.61 bits per heavy atom. The lowest BCUT2D eigenvalue weighted by Crippen LogP contribution is -2.10. The van der Waals surface area contributed by atoms with E-state index in [2.05, 4.69) is 4.74 Å². The topological polar surface area (TPSA) is 35.5 Å². The van der Waals surface area contributed by atoms with Crippen molar-refractivity contribution >= 4 is 17.6 Å². The Balaban J connectivity index is 3.17. The number of hydrogen-bond donors (Lipinski definition) is 0. The molecule has 0 bridgehead atoms. The van der Waals surface area contributed by atoms with Crippen molar-refractivity contribution in [1.29, 1.82) is 0 Å². The Bertz CT molecular complexity index is 438. The Labute approximate surface area is 106 Å². The van der Waals surface area contributed by atoms with Gasteiger partial charge >= 0.3 is 12.6 Å². The van der Waals surface area contributed by atoms with Crippen LogP contribution in [0.4, 0.5) is 13.2 Å². The van der Waals surface area contributed by atoms with Gasteiger partial charge in [0.05, 0.1) is 12.2 Å². The fourth-order valence-corrected chi connectivity index (χ4v) is 1.51. The molecule has 1 rings (SSSR count). The van der Waals surface area contributed by atoms with Gasteiger partial charge in [-0.05, 0) is 24.6 Å². The first-order chi connectivity index (χ1) is 8.49. The van der Waals surface area contributed by atoms with E-state index in [1.807, 2.05) is 0 Å². The van der Waals surface area contributed by atoms with Gasteiger partial charge in [0.15, 0.2) is 11.6 Å². The standard InChI is InChI=1S/C11H10ClF3O3/c1-2-17-10(16)7-4-9(18-11(14)15)8(13)3-6(7)5-12/h3-4,11H,2,5H2,1H3. The molecule has 0 saturated heterocycles. The molecule has 0 spiro atoms. The molecule has 18 heavy (non-hydrogen) atoms. The molecule has 0 aliphatic carbocycles. The van der Waals surface area contributed by atoms with E-state index in [0.717, 1.165) is 12.1 Å². The van der Waals surface area contributed by atoms with Crippen molar-refractivity contribution in [2.45, 2.75) is 19.4 Å². The molecule has 0 heterocycles. The highest BCUT2D eigenvalue weighted by Crippen LogP contribution is 2.25. The molecule has 0 unspecified atom stereocenters. The van der Waals surface area contributed by atoms with Gasteiger partial charge in [-0.2, -0.15) is 8.78 Å². The molecule has 0 fully saturated rings. The minimum atomic E-state index is -3.18. The number of carbonyl (C=O) groups excluding carboxylic acids is 1. The predicted octanol–water partition coefficient (Wildman–Crippen LogP) is 3.34. The van der Waals surface area contributed by atoms with Crippen LogP contribution in [0.25, 0.3) is 0 Å². The highest BCUT2D eigenvalue weighted by Gasteiger charge is 2.19. The number of carbonyl (C=O) groups is 1. The normalized spacial score (nSPS) is 10.6. The molecule has 1 aromatic carbocycles. The van der Waals surface area contributed by atoms with Gasteiger partial charge < -0.3 is 9.47 Å². The minimum absolute atomic E-state index is 0.0936. The summed E-state index contributed by atoms with van der Waals surface area (Å²) in [4.78, 5) is 11.5. The fourth-order valence-electron chi connectivity index (χ4n) is 1.29. The van der Waals surface area contributed by atoms with Gasteiger partial charge in [-0.25, -0.2) is 9.18 Å². The van der Waals surface area contributed by atoms with Crippen molar-refractivity contribution < 1.29 is 27.4 Å². The van der Waals surface area contributed by atoms with Gasteiger partial charge in [0.25, 0.3) is 0 Å². The molecule has 0 aliphatic heterocycles. The third-order valence-corrected chi connectivity index (χ3v) is 2.30. The maximum Gasteiger partial charge on any atom is 0.387 e. The van der Waals surface area contributed by atoms with E-state index in [0.29, 0.717) is 0 Å². The lowest BCUT2D eigenvalue weighted by molar-refractivity contribution is -0.0522. The van der Waals surface area contributed by atoms with Gasteiger partial charge in [-0.15, -0.1) is 11.6 Å². The minimum Gasteiger partial charge on any atom is -0.462 e. The van der Waals surface area contributed by atoms with Gasteiger partial charge in [0.2, 0.25) is 0 Å². The molecule has 0 saturated carbocycles. The third-order valence-electron chi connectivity index (χ3n) is 2.01. The summed E-state index contributed by atoms with van der Waals surface area (Å²) in [5.41, 5.74) is 0.0538. The van der Waals surface area contributed by atoms with E-state index in [-0.39, 0.29) is 23.6 Å². The molecule has 0 amide bonds. The molecular weight excluding hydrogens is 273 g/mol. The Kier molecular flexibility index (Phi) is 5.27. The van der Waals surface area contributed by atoms with Gasteiger partial charge in [0, 0.05) is 5.88 Å². The van der Waals surface area contributed by atoms with Crippen LogP contribution < -0.4 is 4.74 Å². The van der Waals surface area contributed by atoms with Crippen molar-refractivity contribution in [1.82, 2.24) is 0 Å². The Morgan fingerprint density at radius 2 is 2.11 bits per heavy atom. The Morgan fingerprint density at radius 1 is 1.44 bits per heavy atom.